The molecule has 13 heteroatoms. The fourth-order valence-corrected chi connectivity index (χ4v) is 7.51. The van der Waals surface area contributed by atoms with Crippen LogP contribution in [-0.4, -0.2) is 71.3 Å². The topological polar surface area (TPSA) is 146 Å². The molecule has 2 aliphatic heterocycles. The molecule has 40 heavy (non-hydrogen) atoms. The van der Waals surface area contributed by atoms with Crippen LogP contribution < -0.4 is 9.88 Å². The van der Waals surface area contributed by atoms with E-state index in [0.717, 1.165) is 56.7 Å². The number of nitrogens with two attached hydrogens (primary N) is 1. The molecule has 218 valence electrons. The van der Waals surface area contributed by atoms with Crippen LogP contribution in [0, 0.1) is 17.7 Å². The Labute approximate surface area is 234 Å². The number of nitrogens with zero attached hydrogens (tertiary/aromatic N) is 2. The van der Waals surface area contributed by atoms with Crippen LogP contribution in [0.2, 0.25) is 0 Å². The van der Waals surface area contributed by atoms with Gasteiger partial charge < -0.3 is 14.4 Å². The summed E-state index contributed by atoms with van der Waals surface area (Å²) in [5, 5.41) is 5.00. The number of carbonyl (C=O) groups is 1. The van der Waals surface area contributed by atoms with Gasteiger partial charge in [0.1, 0.15) is 10.7 Å². The number of aromatic nitrogens is 1. The van der Waals surface area contributed by atoms with E-state index in [4.69, 9.17) is 14.6 Å². The average Bonchev–Trinajstić information content (AvgIpc) is 3.77. The Kier molecular flexibility index (Phi) is 8.46. The zero-order chi connectivity index (χ0) is 28.5. The second-order valence-corrected chi connectivity index (χ2v) is 14.5. The summed E-state index contributed by atoms with van der Waals surface area (Å²) in [5.41, 5.74) is 1.38. The fourth-order valence-electron chi connectivity index (χ4n) is 5.22. The lowest BCUT2D eigenvalue weighted by atomic mass is 9.98. The summed E-state index contributed by atoms with van der Waals surface area (Å²) < 4.78 is 74.6. The summed E-state index contributed by atoms with van der Waals surface area (Å²) in [6, 6.07) is 6.07. The Balaban J connectivity index is 1.21. The lowest BCUT2D eigenvalue weighted by Gasteiger charge is -2.32. The molecular weight excluding hydrogens is 561 g/mol. The second-order valence-electron chi connectivity index (χ2n) is 10.9. The van der Waals surface area contributed by atoms with E-state index in [1.807, 2.05) is 6.07 Å². The first-order valence-corrected chi connectivity index (χ1v) is 16.8. The number of amides is 1. The number of rotatable bonds is 9. The van der Waals surface area contributed by atoms with E-state index in [9.17, 15) is 26.0 Å². The van der Waals surface area contributed by atoms with Gasteiger partial charge >= 0.3 is 0 Å². The molecule has 0 radical (unpaired) electrons. The number of sulfonamides is 1. The number of pyridine rings is 1. The van der Waals surface area contributed by atoms with Crippen molar-refractivity contribution in [3.63, 3.8) is 0 Å². The number of primary sulfonamides is 1. The summed E-state index contributed by atoms with van der Waals surface area (Å²) in [6.07, 6.45) is 4.83. The van der Waals surface area contributed by atoms with Crippen molar-refractivity contribution in [2.45, 2.75) is 54.2 Å². The van der Waals surface area contributed by atoms with E-state index >= 15 is 0 Å². The van der Waals surface area contributed by atoms with Crippen LogP contribution in [0.1, 0.15) is 60.5 Å². The lowest BCUT2D eigenvalue weighted by Crippen LogP contribution is -2.40. The smallest absolute Gasteiger partial charge is 0.254 e. The van der Waals surface area contributed by atoms with Crippen LogP contribution in [-0.2, 0) is 24.6 Å². The minimum Gasteiger partial charge on any atom is -0.477 e. The standard InChI is InChI=1S/C27H34FN3O7S2/c28-23-15-22(40(29,35)36)3-4-25(23)39(33,34)17-19-5-9-31(10-6-19)27(32)21-13-24(20-1-2-20)30-26(14-21)38-16-18-7-11-37-12-8-18/h3-4,13-15,18-20H,1-2,5-12,16-17H2,(H2,29,35,36). The van der Waals surface area contributed by atoms with Gasteiger partial charge in [0.15, 0.2) is 9.84 Å². The highest BCUT2D eigenvalue weighted by Gasteiger charge is 2.32. The van der Waals surface area contributed by atoms with Gasteiger partial charge in [-0.2, -0.15) is 0 Å². The second kappa shape index (κ2) is 11.7. The van der Waals surface area contributed by atoms with Gasteiger partial charge in [0, 0.05) is 49.5 Å². The lowest BCUT2D eigenvalue weighted by molar-refractivity contribution is 0.0489. The molecule has 1 aromatic carbocycles. The zero-order valence-electron chi connectivity index (χ0n) is 22.1. The molecule has 1 aliphatic carbocycles. The number of hydrogen-bond donors (Lipinski definition) is 1. The first kappa shape index (κ1) is 28.9. The molecule has 3 heterocycles. The molecule has 10 nitrogen and oxygen atoms in total. The molecule has 1 aromatic heterocycles. The summed E-state index contributed by atoms with van der Waals surface area (Å²) >= 11 is 0. The number of halogens is 1. The Morgan fingerprint density at radius 2 is 1.70 bits per heavy atom. The van der Waals surface area contributed by atoms with Crippen LogP contribution >= 0.6 is 0 Å². The molecular formula is C27H34FN3O7S2. The summed E-state index contributed by atoms with van der Waals surface area (Å²) in [6.45, 7) is 2.72. The Morgan fingerprint density at radius 3 is 2.33 bits per heavy atom. The number of hydrogen-bond acceptors (Lipinski definition) is 8. The van der Waals surface area contributed by atoms with Crippen LogP contribution in [0.15, 0.2) is 40.1 Å². The van der Waals surface area contributed by atoms with Gasteiger partial charge in [0.25, 0.3) is 5.91 Å². The van der Waals surface area contributed by atoms with Crippen LogP contribution in [0.25, 0.3) is 0 Å². The average molecular weight is 596 g/mol. The zero-order valence-corrected chi connectivity index (χ0v) is 23.8. The van der Waals surface area contributed by atoms with Crippen molar-refractivity contribution in [2.75, 3.05) is 38.7 Å². The van der Waals surface area contributed by atoms with Gasteiger partial charge in [-0.25, -0.2) is 31.3 Å². The number of benzene rings is 1. The van der Waals surface area contributed by atoms with Gasteiger partial charge in [-0.3, -0.25) is 4.79 Å². The van der Waals surface area contributed by atoms with Crippen molar-refractivity contribution in [1.82, 2.24) is 9.88 Å². The molecule has 0 atom stereocenters. The highest BCUT2D eigenvalue weighted by Crippen LogP contribution is 2.40. The Hall–Kier alpha value is -2.61. The van der Waals surface area contributed by atoms with Crippen molar-refractivity contribution in [1.29, 1.82) is 0 Å². The molecule has 3 aliphatic rings. The van der Waals surface area contributed by atoms with E-state index in [1.54, 1.807) is 11.0 Å². The van der Waals surface area contributed by atoms with E-state index in [1.165, 1.54) is 0 Å². The fraction of sp³-hybridized carbons (Fsp3) is 0.556. The molecule has 3 fully saturated rings. The highest BCUT2D eigenvalue weighted by atomic mass is 32.2. The SMILES string of the molecule is NS(=O)(=O)c1ccc(S(=O)(=O)CC2CCN(C(=O)c3cc(OCC4CCOCC4)nc(C4CC4)c3)CC2)c(F)c1. The van der Waals surface area contributed by atoms with Gasteiger partial charge in [0.05, 0.1) is 17.3 Å². The quantitative estimate of drug-likeness (QED) is 0.466. The van der Waals surface area contributed by atoms with E-state index < -0.39 is 35.5 Å². The molecule has 0 unspecified atom stereocenters. The summed E-state index contributed by atoms with van der Waals surface area (Å²) in [7, 11) is -8.18. The minimum atomic E-state index is -4.16. The predicted octanol–water partition coefficient (Wildman–Crippen LogP) is 2.88. The maximum absolute atomic E-state index is 14.5. The van der Waals surface area contributed by atoms with Crippen molar-refractivity contribution >= 4 is 25.8 Å². The highest BCUT2D eigenvalue weighted by molar-refractivity contribution is 7.91. The van der Waals surface area contributed by atoms with Gasteiger partial charge in [-0.15, -0.1) is 0 Å². The van der Waals surface area contributed by atoms with Crippen molar-refractivity contribution in [3.8, 4) is 5.88 Å². The normalized spacial score (nSPS) is 19.5. The predicted molar refractivity (Wildman–Crippen MR) is 144 cm³/mol. The van der Waals surface area contributed by atoms with E-state index in [0.29, 0.717) is 61.9 Å². The number of likely N-dealkylation sites (tertiary alicyclic amines) is 1. The van der Waals surface area contributed by atoms with E-state index in [2.05, 4.69) is 4.98 Å². The third kappa shape index (κ3) is 6.99. The van der Waals surface area contributed by atoms with Crippen LogP contribution in [0.4, 0.5) is 4.39 Å². The minimum absolute atomic E-state index is 0.147. The Bertz CT molecular complexity index is 1460. The van der Waals surface area contributed by atoms with Crippen molar-refractivity contribution in [2.24, 2.45) is 17.0 Å². The van der Waals surface area contributed by atoms with Gasteiger partial charge in [-0.05, 0) is 74.6 Å². The monoisotopic (exact) mass is 595 g/mol. The third-order valence-corrected chi connectivity index (χ3v) is 10.6. The molecule has 1 saturated carbocycles. The molecule has 1 amide bonds. The van der Waals surface area contributed by atoms with Gasteiger partial charge in [0.2, 0.25) is 15.9 Å². The number of ether oxygens (including phenoxy) is 2. The van der Waals surface area contributed by atoms with Crippen LogP contribution in [0.5, 0.6) is 5.88 Å². The summed E-state index contributed by atoms with van der Waals surface area (Å²) in [5.74, 6) is -0.682. The molecule has 2 N–H and O–H groups in total. The van der Waals surface area contributed by atoms with Crippen LogP contribution in [0.3, 0.4) is 0 Å². The largest absolute Gasteiger partial charge is 0.477 e. The number of carbonyl (C=O) groups excluding carboxylic acids is 1. The maximum Gasteiger partial charge on any atom is 0.254 e. The molecule has 0 spiro atoms. The maximum atomic E-state index is 14.5. The molecule has 0 bridgehead atoms. The first-order valence-electron chi connectivity index (χ1n) is 13.6. The van der Waals surface area contributed by atoms with E-state index in [-0.39, 0.29) is 17.6 Å². The first-order chi connectivity index (χ1) is 19.0. The number of piperidine rings is 1. The molecule has 5 rings (SSSR count). The van der Waals surface area contributed by atoms with Crippen molar-refractivity contribution < 1.29 is 35.5 Å². The third-order valence-electron chi connectivity index (χ3n) is 7.80. The number of sulfone groups is 1. The molecule has 2 saturated heterocycles. The van der Waals surface area contributed by atoms with Gasteiger partial charge in [-0.1, -0.05) is 0 Å². The van der Waals surface area contributed by atoms with Crippen molar-refractivity contribution in [3.05, 3.63) is 47.4 Å². The Morgan fingerprint density at radius 1 is 1.00 bits per heavy atom. The molecule has 2 aromatic rings. The summed E-state index contributed by atoms with van der Waals surface area (Å²) in [4.78, 5) is 18.7.